The Morgan fingerprint density at radius 2 is 1.32 bits per heavy atom. The van der Waals surface area contributed by atoms with Crippen LogP contribution in [0.4, 0.5) is 0 Å². The maximum Gasteiger partial charge on any atom is 0.0563 e. The maximum atomic E-state index is 5.33. The van der Waals surface area contributed by atoms with Crippen LogP contribution in [0.5, 0.6) is 0 Å². The van der Waals surface area contributed by atoms with E-state index in [0.29, 0.717) is 23.8 Å². The van der Waals surface area contributed by atoms with E-state index in [2.05, 4.69) is 80.8 Å². The van der Waals surface area contributed by atoms with Crippen LogP contribution in [-0.4, -0.2) is 42.6 Å². The minimum absolute atomic E-state index is 0.552. The molecule has 34 heavy (non-hydrogen) atoms. The average molecular weight is 471 g/mol. The Balaban J connectivity index is 0.000000185. The van der Waals surface area contributed by atoms with Gasteiger partial charge in [0.1, 0.15) is 0 Å². The van der Waals surface area contributed by atoms with Gasteiger partial charge in [-0.3, -0.25) is 14.0 Å². The van der Waals surface area contributed by atoms with Crippen molar-refractivity contribution in [2.24, 2.45) is 7.05 Å². The van der Waals surface area contributed by atoms with Gasteiger partial charge in [-0.2, -0.15) is 15.3 Å². The van der Waals surface area contributed by atoms with Gasteiger partial charge < -0.3 is 4.74 Å². The van der Waals surface area contributed by atoms with E-state index in [1.165, 1.54) is 16.7 Å². The smallest absolute Gasteiger partial charge is 0.0563 e. The summed E-state index contributed by atoms with van der Waals surface area (Å²) in [6.07, 6.45) is 15.6. The van der Waals surface area contributed by atoms with Crippen LogP contribution in [0.1, 0.15) is 108 Å². The highest BCUT2D eigenvalue weighted by Crippen LogP contribution is 2.22. The molecule has 4 rings (SSSR count). The molecule has 0 amide bonds. The highest BCUT2D eigenvalue weighted by atomic mass is 16.5. The van der Waals surface area contributed by atoms with E-state index >= 15 is 0 Å². The number of nitrogens with zero attached hydrogens (tertiary/aromatic N) is 6. The van der Waals surface area contributed by atoms with Crippen molar-refractivity contribution in [3.63, 3.8) is 0 Å². The predicted molar refractivity (Wildman–Crippen MR) is 139 cm³/mol. The van der Waals surface area contributed by atoms with Crippen molar-refractivity contribution < 1.29 is 4.74 Å². The SMILES string of the molecule is CC(C)c1cnn(C)c1.CC(C)c1cnn(C2CCOCC2)c1.CCCn1cc(C(C)C)cn1. The number of rotatable bonds is 6. The van der Waals surface area contributed by atoms with Gasteiger partial charge in [-0.15, -0.1) is 0 Å². The zero-order valence-electron chi connectivity index (χ0n) is 22.6. The summed E-state index contributed by atoms with van der Waals surface area (Å²) in [5.41, 5.74) is 3.97. The van der Waals surface area contributed by atoms with Gasteiger partial charge in [0.05, 0.1) is 24.6 Å². The summed E-state index contributed by atoms with van der Waals surface area (Å²) in [5.74, 6) is 1.77. The lowest BCUT2D eigenvalue weighted by Crippen LogP contribution is -2.19. The molecule has 7 nitrogen and oxygen atoms in total. The molecule has 1 saturated heterocycles. The molecule has 3 aromatic rings. The van der Waals surface area contributed by atoms with E-state index in [4.69, 9.17) is 4.74 Å². The normalized spacial score (nSPS) is 14.2. The molecule has 0 bridgehead atoms. The monoisotopic (exact) mass is 470 g/mol. The van der Waals surface area contributed by atoms with Crippen LogP contribution >= 0.6 is 0 Å². The van der Waals surface area contributed by atoms with Crippen molar-refractivity contribution in [3.8, 4) is 0 Å². The molecule has 0 spiro atoms. The Morgan fingerprint density at radius 3 is 1.76 bits per heavy atom. The number of hydrogen-bond acceptors (Lipinski definition) is 4. The molecule has 0 aromatic carbocycles. The molecule has 0 N–H and O–H groups in total. The summed E-state index contributed by atoms with van der Waals surface area (Å²) in [6, 6.07) is 0.552. The number of hydrogen-bond donors (Lipinski definition) is 0. The Morgan fingerprint density at radius 1 is 0.794 bits per heavy atom. The Hall–Kier alpha value is -2.41. The zero-order chi connectivity index (χ0) is 25.1. The first kappa shape index (κ1) is 27.8. The van der Waals surface area contributed by atoms with Crippen molar-refractivity contribution in [1.29, 1.82) is 0 Å². The summed E-state index contributed by atoms with van der Waals surface area (Å²) in [5, 5.41) is 12.7. The second-order valence-corrected chi connectivity index (χ2v) is 10.0. The first-order valence-electron chi connectivity index (χ1n) is 12.8. The lowest BCUT2D eigenvalue weighted by molar-refractivity contribution is 0.0662. The van der Waals surface area contributed by atoms with Crippen molar-refractivity contribution in [3.05, 3.63) is 53.9 Å². The van der Waals surface area contributed by atoms with Crippen LogP contribution in [0.3, 0.4) is 0 Å². The van der Waals surface area contributed by atoms with Crippen LogP contribution < -0.4 is 0 Å². The predicted octanol–water partition coefficient (Wildman–Crippen LogP) is 6.32. The molecular formula is C27H46N6O. The molecule has 7 heteroatoms. The van der Waals surface area contributed by atoms with Crippen molar-refractivity contribution >= 4 is 0 Å². The van der Waals surface area contributed by atoms with Crippen LogP contribution in [-0.2, 0) is 18.3 Å². The van der Waals surface area contributed by atoms with Crippen molar-refractivity contribution in [2.45, 2.75) is 98.1 Å². The Bertz CT molecular complexity index is 930. The fourth-order valence-corrected chi connectivity index (χ4v) is 3.57. The van der Waals surface area contributed by atoms with Gasteiger partial charge in [-0.05, 0) is 53.7 Å². The number of ether oxygens (including phenoxy) is 1. The lowest BCUT2D eigenvalue weighted by atomic mass is 10.1. The molecule has 4 heterocycles. The molecule has 0 radical (unpaired) electrons. The second-order valence-electron chi connectivity index (χ2n) is 10.0. The third-order valence-electron chi connectivity index (χ3n) is 6.02. The molecule has 3 aromatic heterocycles. The van der Waals surface area contributed by atoms with Crippen molar-refractivity contribution in [2.75, 3.05) is 13.2 Å². The van der Waals surface area contributed by atoms with Gasteiger partial charge in [-0.1, -0.05) is 48.5 Å². The van der Waals surface area contributed by atoms with E-state index < -0.39 is 0 Å². The minimum atomic E-state index is 0.552. The molecule has 0 unspecified atom stereocenters. The maximum absolute atomic E-state index is 5.33. The summed E-state index contributed by atoms with van der Waals surface area (Å²) in [6.45, 7) is 18.1. The van der Waals surface area contributed by atoms with Gasteiger partial charge in [0.15, 0.2) is 0 Å². The number of aromatic nitrogens is 6. The molecule has 0 atom stereocenters. The van der Waals surface area contributed by atoms with E-state index in [-0.39, 0.29) is 0 Å². The molecule has 0 saturated carbocycles. The van der Waals surface area contributed by atoms with E-state index in [0.717, 1.165) is 39.0 Å². The Kier molecular flexibility index (Phi) is 11.5. The minimum Gasteiger partial charge on any atom is -0.381 e. The quantitative estimate of drug-likeness (QED) is 0.423. The first-order chi connectivity index (χ1) is 16.2. The van der Waals surface area contributed by atoms with Crippen molar-refractivity contribution in [1.82, 2.24) is 29.3 Å². The van der Waals surface area contributed by atoms with Gasteiger partial charge >= 0.3 is 0 Å². The standard InChI is InChI=1S/C11H18N2O.C9H16N2.C7H12N2/c1-9(2)10-7-12-13(8-10)11-3-5-14-6-4-11;1-4-5-11-7-9(6-10-11)8(2)3;1-6(2)7-4-8-9(3)5-7/h7-9,11H,3-6H2,1-2H3;6-8H,4-5H2,1-3H3;4-6H,1-3H3. The van der Waals surface area contributed by atoms with Crippen LogP contribution in [0, 0.1) is 0 Å². The summed E-state index contributed by atoms with van der Waals surface area (Å²) in [4.78, 5) is 0. The van der Waals surface area contributed by atoms with Crippen LogP contribution in [0.15, 0.2) is 37.2 Å². The molecular weight excluding hydrogens is 424 g/mol. The molecule has 1 aliphatic rings. The second kappa shape index (κ2) is 14.1. The van der Waals surface area contributed by atoms with Crippen LogP contribution in [0.2, 0.25) is 0 Å². The average Bonchev–Trinajstić information content (AvgIpc) is 3.56. The lowest BCUT2D eigenvalue weighted by Gasteiger charge is -2.22. The van der Waals surface area contributed by atoms with E-state index in [1.54, 1.807) is 0 Å². The Labute approximate surface area is 206 Å². The zero-order valence-corrected chi connectivity index (χ0v) is 22.6. The molecule has 190 valence electrons. The first-order valence-corrected chi connectivity index (χ1v) is 12.8. The third kappa shape index (κ3) is 9.09. The summed E-state index contributed by atoms with van der Waals surface area (Å²) < 4.78 is 11.3. The summed E-state index contributed by atoms with van der Waals surface area (Å²) >= 11 is 0. The molecule has 1 fully saturated rings. The van der Waals surface area contributed by atoms with Gasteiger partial charge in [0, 0.05) is 45.4 Å². The highest BCUT2D eigenvalue weighted by Gasteiger charge is 2.16. The van der Waals surface area contributed by atoms with Gasteiger partial charge in [0.2, 0.25) is 0 Å². The topological polar surface area (TPSA) is 62.7 Å². The third-order valence-corrected chi connectivity index (χ3v) is 6.02. The van der Waals surface area contributed by atoms with E-state index in [1.807, 2.05) is 41.2 Å². The summed E-state index contributed by atoms with van der Waals surface area (Å²) in [7, 11) is 1.94. The molecule has 1 aliphatic heterocycles. The largest absolute Gasteiger partial charge is 0.381 e. The highest BCUT2D eigenvalue weighted by molar-refractivity contribution is 5.10. The fraction of sp³-hybridized carbons (Fsp3) is 0.667. The van der Waals surface area contributed by atoms with Gasteiger partial charge in [0.25, 0.3) is 0 Å². The van der Waals surface area contributed by atoms with Gasteiger partial charge in [-0.25, -0.2) is 0 Å². The number of aryl methyl sites for hydroxylation is 2. The van der Waals surface area contributed by atoms with Crippen LogP contribution in [0.25, 0.3) is 0 Å². The molecule has 0 aliphatic carbocycles. The van der Waals surface area contributed by atoms with E-state index in [9.17, 15) is 0 Å². The fourth-order valence-electron chi connectivity index (χ4n) is 3.57.